The summed E-state index contributed by atoms with van der Waals surface area (Å²) in [5.41, 5.74) is 0.133. The normalized spacial score (nSPS) is 21.6. The van der Waals surface area contributed by atoms with Crippen LogP contribution in [0.4, 0.5) is 13.2 Å². The number of hydrogen-bond acceptors (Lipinski definition) is 3. The Morgan fingerprint density at radius 2 is 1.90 bits per heavy atom. The van der Waals surface area contributed by atoms with Gasteiger partial charge >= 0.3 is 6.18 Å². The standard InChI is InChI=1S/C22H34F3N5.HI/c1-3-26-21(27-15-19-7-5-9-28(2)16-19)30-12-10-29(11-13-30)17-18-6-4-8-20(14-18)22(23,24)25;/h4,6,8,14,19H,3,5,7,9-13,15-17H2,1-2H3,(H,26,27);1H. The van der Waals surface area contributed by atoms with Gasteiger partial charge in [-0.25, -0.2) is 0 Å². The quantitative estimate of drug-likeness (QED) is 0.343. The minimum absolute atomic E-state index is 0. The molecule has 5 nitrogen and oxygen atoms in total. The van der Waals surface area contributed by atoms with Crippen molar-refractivity contribution in [2.75, 3.05) is 59.4 Å². The number of hydrogen-bond donors (Lipinski definition) is 1. The van der Waals surface area contributed by atoms with E-state index in [1.807, 2.05) is 0 Å². The Kier molecular flexibility index (Phi) is 10.3. The summed E-state index contributed by atoms with van der Waals surface area (Å²) in [6, 6.07) is 5.66. The smallest absolute Gasteiger partial charge is 0.357 e. The Hall–Kier alpha value is -1.07. The number of likely N-dealkylation sites (tertiary alicyclic amines) is 1. The summed E-state index contributed by atoms with van der Waals surface area (Å²) in [6.07, 6.45) is -1.82. The molecule has 0 radical (unpaired) electrons. The van der Waals surface area contributed by atoms with Crippen molar-refractivity contribution in [3.63, 3.8) is 0 Å². The first-order chi connectivity index (χ1) is 14.3. The molecule has 0 aromatic heterocycles. The zero-order valence-corrected chi connectivity index (χ0v) is 20.8. The molecule has 0 saturated carbocycles. The van der Waals surface area contributed by atoms with Crippen molar-refractivity contribution >= 4 is 29.9 Å². The average Bonchev–Trinajstić information content (AvgIpc) is 2.71. The van der Waals surface area contributed by atoms with Crippen LogP contribution in [-0.4, -0.2) is 80.1 Å². The van der Waals surface area contributed by atoms with Gasteiger partial charge in [-0.3, -0.25) is 9.89 Å². The molecule has 3 rings (SSSR count). The van der Waals surface area contributed by atoms with Gasteiger partial charge < -0.3 is 15.1 Å². The van der Waals surface area contributed by atoms with Gasteiger partial charge in [0, 0.05) is 52.4 Å². The van der Waals surface area contributed by atoms with Crippen LogP contribution in [0.1, 0.15) is 30.9 Å². The zero-order valence-electron chi connectivity index (χ0n) is 18.5. The maximum absolute atomic E-state index is 12.9. The second-order valence-electron chi connectivity index (χ2n) is 8.43. The summed E-state index contributed by atoms with van der Waals surface area (Å²) in [4.78, 5) is 11.8. The number of alkyl halides is 3. The highest BCUT2D eigenvalue weighted by molar-refractivity contribution is 14.0. The number of guanidine groups is 1. The van der Waals surface area contributed by atoms with Crippen LogP contribution in [0.5, 0.6) is 0 Å². The lowest BCUT2D eigenvalue weighted by Gasteiger charge is -2.37. The van der Waals surface area contributed by atoms with Crippen molar-refractivity contribution in [2.24, 2.45) is 10.9 Å². The van der Waals surface area contributed by atoms with Gasteiger partial charge in [0.05, 0.1) is 5.56 Å². The highest BCUT2D eigenvalue weighted by Gasteiger charge is 2.30. The fraction of sp³-hybridized carbons (Fsp3) is 0.682. The van der Waals surface area contributed by atoms with Gasteiger partial charge in [-0.15, -0.1) is 24.0 Å². The third-order valence-corrected chi connectivity index (χ3v) is 5.89. The van der Waals surface area contributed by atoms with Gasteiger partial charge in [-0.1, -0.05) is 18.2 Å². The average molecular weight is 553 g/mol. The zero-order chi connectivity index (χ0) is 21.6. The van der Waals surface area contributed by atoms with Gasteiger partial charge in [0.2, 0.25) is 0 Å². The fourth-order valence-electron chi connectivity index (χ4n) is 4.29. The molecule has 2 fully saturated rings. The fourth-order valence-corrected chi connectivity index (χ4v) is 4.29. The van der Waals surface area contributed by atoms with Crippen molar-refractivity contribution in [3.05, 3.63) is 35.4 Å². The van der Waals surface area contributed by atoms with Crippen LogP contribution in [0.15, 0.2) is 29.3 Å². The number of aliphatic imine (C=N–C) groups is 1. The molecule has 0 spiro atoms. The van der Waals surface area contributed by atoms with Gasteiger partial charge in [-0.2, -0.15) is 13.2 Å². The number of benzene rings is 1. The first kappa shape index (κ1) is 26.2. The Balaban J connectivity index is 0.00000341. The summed E-state index contributed by atoms with van der Waals surface area (Å²) in [6.45, 7) is 9.85. The number of nitrogens with one attached hydrogen (secondary N) is 1. The molecule has 176 valence electrons. The Morgan fingerprint density at radius 3 is 2.55 bits per heavy atom. The third-order valence-electron chi connectivity index (χ3n) is 5.89. The molecule has 31 heavy (non-hydrogen) atoms. The van der Waals surface area contributed by atoms with E-state index in [1.165, 1.54) is 31.5 Å². The number of rotatable bonds is 5. The van der Waals surface area contributed by atoms with Crippen LogP contribution in [0.25, 0.3) is 0 Å². The largest absolute Gasteiger partial charge is 0.416 e. The van der Waals surface area contributed by atoms with E-state index in [-0.39, 0.29) is 24.0 Å². The molecule has 1 N–H and O–H groups in total. The van der Waals surface area contributed by atoms with E-state index in [2.05, 4.69) is 34.0 Å². The molecule has 1 aromatic carbocycles. The van der Waals surface area contributed by atoms with Crippen LogP contribution in [0.3, 0.4) is 0 Å². The molecule has 1 atom stereocenters. The van der Waals surface area contributed by atoms with E-state index in [0.29, 0.717) is 18.0 Å². The summed E-state index contributed by atoms with van der Waals surface area (Å²) in [5.74, 6) is 1.57. The van der Waals surface area contributed by atoms with Gasteiger partial charge in [0.1, 0.15) is 0 Å². The molecule has 0 aliphatic carbocycles. The monoisotopic (exact) mass is 553 g/mol. The molecular weight excluding hydrogens is 518 g/mol. The van der Waals surface area contributed by atoms with Crippen LogP contribution in [-0.2, 0) is 12.7 Å². The summed E-state index contributed by atoms with van der Waals surface area (Å²) in [5, 5.41) is 3.41. The van der Waals surface area contributed by atoms with Crippen molar-refractivity contribution < 1.29 is 13.2 Å². The van der Waals surface area contributed by atoms with E-state index in [0.717, 1.165) is 57.8 Å². The number of halogens is 4. The van der Waals surface area contributed by atoms with Crippen LogP contribution in [0, 0.1) is 5.92 Å². The molecule has 2 aliphatic rings. The maximum Gasteiger partial charge on any atom is 0.416 e. The van der Waals surface area contributed by atoms with Gasteiger partial charge in [0.25, 0.3) is 0 Å². The number of piperidine rings is 1. The van der Waals surface area contributed by atoms with Crippen molar-refractivity contribution in [1.82, 2.24) is 20.0 Å². The molecule has 2 saturated heterocycles. The first-order valence-electron chi connectivity index (χ1n) is 11.0. The minimum Gasteiger partial charge on any atom is -0.357 e. The Labute approximate surface area is 201 Å². The second kappa shape index (κ2) is 12.2. The van der Waals surface area contributed by atoms with E-state index in [4.69, 9.17) is 4.99 Å². The SMILES string of the molecule is CCNC(=NCC1CCCN(C)C1)N1CCN(Cc2cccc(C(F)(F)F)c2)CC1.I. The maximum atomic E-state index is 12.9. The molecule has 9 heteroatoms. The summed E-state index contributed by atoms with van der Waals surface area (Å²) < 4.78 is 38.8. The van der Waals surface area contributed by atoms with Crippen molar-refractivity contribution in [3.8, 4) is 0 Å². The topological polar surface area (TPSA) is 34.1 Å². The minimum atomic E-state index is -4.29. The molecule has 1 unspecified atom stereocenters. The number of nitrogens with zero attached hydrogens (tertiary/aromatic N) is 4. The molecule has 2 aliphatic heterocycles. The van der Waals surface area contributed by atoms with Gasteiger partial charge in [-0.05, 0) is 50.9 Å². The van der Waals surface area contributed by atoms with E-state index >= 15 is 0 Å². The van der Waals surface area contributed by atoms with Gasteiger partial charge in [0.15, 0.2) is 5.96 Å². The van der Waals surface area contributed by atoms with Crippen molar-refractivity contribution in [1.29, 1.82) is 0 Å². The second-order valence-corrected chi connectivity index (χ2v) is 8.43. The van der Waals surface area contributed by atoms with E-state index < -0.39 is 11.7 Å². The lowest BCUT2D eigenvalue weighted by Crippen LogP contribution is -2.52. The first-order valence-corrected chi connectivity index (χ1v) is 11.0. The summed E-state index contributed by atoms with van der Waals surface area (Å²) >= 11 is 0. The molecular formula is C22H35F3IN5. The predicted octanol–water partition coefficient (Wildman–Crippen LogP) is 3.75. The van der Waals surface area contributed by atoms with Crippen molar-refractivity contribution in [2.45, 2.75) is 32.5 Å². The van der Waals surface area contributed by atoms with Crippen LogP contribution >= 0.6 is 24.0 Å². The predicted molar refractivity (Wildman–Crippen MR) is 130 cm³/mol. The highest BCUT2D eigenvalue weighted by Crippen LogP contribution is 2.29. The van der Waals surface area contributed by atoms with Crippen LogP contribution in [0.2, 0.25) is 0 Å². The highest BCUT2D eigenvalue weighted by atomic mass is 127. The summed E-state index contributed by atoms with van der Waals surface area (Å²) in [7, 11) is 2.17. The van der Waals surface area contributed by atoms with E-state index in [1.54, 1.807) is 6.07 Å². The van der Waals surface area contributed by atoms with E-state index in [9.17, 15) is 13.2 Å². The van der Waals surface area contributed by atoms with Crippen LogP contribution < -0.4 is 5.32 Å². The lowest BCUT2D eigenvalue weighted by atomic mass is 9.99. The lowest BCUT2D eigenvalue weighted by molar-refractivity contribution is -0.137. The molecule has 0 bridgehead atoms. The molecule has 0 amide bonds. The number of piperazine rings is 1. The molecule has 1 aromatic rings. The Morgan fingerprint density at radius 1 is 1.16 bits per heavy atom. The Bertz CT molecular complexity index is 705. The molecule has 2 heterocycles. The third kappa shape index (κ3) is 8.09.